The molecule has 5 aliphatic carbocycles. The largest absolute Gasteiger partial charge is 0.0841 e. The summed E-state index contributed by atoms with van der Waals surface area (Å²) >= 11 is 0. The molecule has 5 rings (SSSR count). The first kappa shape index (κ1) is 16.2. The fourth-order valence-electron chi connectivity index (χ4n) is 8.66. The maximum Gasteiger partial charge on any atom is 0.00111 e. The minimum absolute atomic E-state index is 0.705. The molecule has 0 aromatic carbocycles. The minimum Gasteiger partial charge on any atom is -0.0841 e. The summed E-state index contributed by atoms with van der Waals surface area (Å²) < 4.78 is 0. The van der Waals surface area contributed by atoms with E-state index in [4.69, 9.17) is 0 Å². The average Bonchev–Trinajstić information content (AvgIpc) is 2.84. The first-order valence-electron chi connectivity index (χ1n) is 10.9. The second kappa shape index (κ2) is 5.37. The summed E-state index contributed by atoms with van der Waals surface area (Å²) in [6, 6.07) is 0. The van der Waals surface area contributed by atoms with Crippen LogP contribution in [0, 0.1) is 34.0 Å². The molecule has 0 bridgehead atoms. The van der Waals surface area contributed by atoms with Crippen LogP contribution in [0.5, 0.6) is 0 Å². The molecule has 4 fully saturated rings. The first-order chi connectivity index (χ1) is 11.2. The molecule has 0 radical (unpaired) electrons. The molecule has 0 heteroatoms. The molecule has 6 atom stereocenters. The number of rotatable bonds is 2. The SMILES string of the molecule is CC.CCCC1CCC2C1(C)CCC1C34CCCCC3=CCC214. The predicted molar refractivity (Wildman–Crippen MR) is 99.3 cm³/mol. The van der Waals surface area contributed by atoms with Gasteiger partial charge in [-0.2, -0.15) is 0 Å². The molecule has 5 aliphatic rings. The lowest BCUT2D eigenvalue weighted by molar-refractivity contribution is 0.0338. The summed E-state index contributed by atoms with van der Waals surface area (Å²) in [7, 11) is 0. The van der Waals surface area contributed by atoms with E-state index in [9.17, 15) is 0 Å². The molecule has 23 heavy (non-hydrogen) atoms. The monoisotopic (exact) mass is 314 g/mol. The van der Waals surface area contributed by atoms with Gasteiger partial charge in [-0.05, 0) is 80.0 Å². The van der Waals surface area contributed by atoms with Gasteiger partial charge in [-0.25, -0.2) is 0 Å². The summed E-state index contributed by atoms with van der Waals surface area (Å²) in [6.45, 7) is 9.11. The Balaban J connectivity index is 0.000000652. The topological polar surface area (TPSA) is 0 Å². The van der Waals surface area contributed by atoms with Gasteiger partial charge in [0.25, 0.3) is 0 Å². The standard InChI is InChI=1S/C21H32.C2H6/c1-3-6-15-8-9-17-19(15,2)13-11-18-20-12-5-4-7-16(20)10-14-21(17,18)20;1-2/h10,15,17-18H,3-9,11-14H2,1-2H3;1-2H3. The van der Waals surface area contributed by atoms with Gasteiger partial charge in [0.1, 0.15) is 0 Å². The van der Waals surface area contributed by atoms with E-state index in [-0.39, 0.29) is 0 Å². The van der Waals surface area contributed by atoms with E-state index in [1.807, 2.05) is 19.4 Å². The molecule has 0 N–H and O–H groups in total. The van der Waals surface area contributed by atoms with Crippen LogP contribution in [0.1, 0.15) is 98.3 Å². The van der Waals surface area contributed by atoms with Crippen LogP contribution in [-0.4, -0.2) is 0 Å². The molecular formula is C23H38. The number of hydrogen-bond acceptors (Lipinski definition) is 0. The number of hydrogen-bond donors (Lipinski definition) is 0. The van der Waals surface area contributed by atoms with E-state index in [0.717, 1.165) is 28.6 Å². The Morgan fingerprint density at radius 1 is 1.04 bits per heavy atom. The van der Waals surface area contributed by atoms with Crippen molar-refractivity contribution in [2.45, 2.75) is 98.3 Å². The Morgan fingerprint density at radius 3 is 2.65 bits per heavy atom. The van der Waals surface area contributed by atoms with Crippen LogP contribution in [0.15, 0.2) is 11.6 Å². The van der Waals surface area contributed by atoms with Gasteiger partial charge in [-0.1, -0.05) is 58.6 Å². The molecule has 0 aliphatic heterocycles. The Labute approximate surface area is 144 Å². The molecule has 4 saturated carbocycles. The highest BCUT2D eigenvalue weighted by Gasteiger charge is 2.83. The van der Waals surface area contributed by atoms with Crippen molar-refractivity contribution in [3.8, 4) is 0 Å². The summed E-state index contributed by atoms with van der Waals surface area (Å²) in [5.74, 6) is 3.24. The Kier molecular flexibility index (Phi) is 3.79. The van der Waals surface area contributed by atoms with Gasteiger partial charge in [-0.3, -0.25) is 0 Å². The van der Waals surface area contributed by atoms with Crippen molar-refractivity contribution in [2.75, 3.05) is 0 Å². The summed E-state index contributed by atoms with van der Waals surface area (Å²) in [6.07, 6.45) is 19.4. The average molecular weight is 315 g/mol. The minimum atomic E-state index is 0.705. The van der Waals surface area contributed by atoms with Crippen LogP contribution in [0.3, 0.4) is 0 Å². The summed E-state index contributed by atoms with van der Waals surface area (Å²) in [5, 5.41) is 0. The lowest BCUT2D eigenvalue weighted by atomic mass is 9.59. The van der Waals surface area contributed by atoms with Gasteiger partial charge in [0, 0.05) is 5.41 Å². The lowest BCUT2D eigenvalue weighted by Gasteiger charge is -2.45. The van der Waals surface area contributed by atoms with E-state index in [2.05, 4.69) is 19.9 Å². The zero-order valence-electron chi connectivity index (χ0n) is 16.1. The zero-order chi connectivity index (χ0) is 16.3. The van der Waals surface area contributed by atoms with Crippen molar-refractivity contribution in [3.05, 3.63) is 11.6 Å². The molecular weight excluding hydrogens is 276 g/mol. The maximum absolute atomic E-state index is 2.73. The highest BCUT2D eigenvalue weighted by molar-refractivity contribution is 5.45. The quantitative estimate of drug-likeness (QED) is 0.475. The van der Waals surface area contributed by atoms with Crippen LogP contribution >= 0.6 is 0 Å². The van der Waals surface area contributed by atoms with Crippen molar-refractivity contribution in [1.29, 1.82) is 0 Å². The van der Waals surface area contributed by atoms with Crippen LogP contribution in [-0.2, 0) is 0 Å². The fourth-order valence-corrected chi connectivity index (χ4v) is 8.66. The van der Waals surface area contributed by atoms with Gasteiger partial charge in [0.2, 0.25) is 0 Å². The fraction of sp³-hybridized carbons (Fsp3) is 0.913. The van der Waals surface area contributed by atoms with Crippen molar-refractivity contribution in [1.82, 2.24) is 0 Å². The third kappa shape index (κ3) is 1.69. The Bertz CT molecular complexity index is 502. The third-order valence-corrected chi connectivity index (χ3v) is 9.25. The smallest absolute Gasteiger partial charge is 0.00111 e. The first-order valence-corrected chi connectivity index (χ1v) is 10.9. The summed E-state index contributed by atoms with van der Waals surface area (Å²) in [4.78, 5) is 0. The highest BCUT2D eigenvalue weighted by Crippen LogP contribution is 2.90. The molecule has 130 valence electrons. The van der Waals surface area contributed by atoms with Crippen molar-refractivity contribution >= 4 is 0 Å². The van der Waals surface area contributed by atoms with Gasteiger partial charge < -0.3 is 0 Å². The van der Waals surface area contributed by atoms with Crippen LogP contribution in [0.2, 0.25) is 0 Å². The third-order valence-electron chi connectivity index (χ3n) is 9.25. The van der Waals surface area contributed by atoms with Gasteiger partial charge in [0.05, 0.1) is 0 Å². The Morgan fingerprint density at radius 2 is 1.87 bits per heavy atom. The lowest BCUT2D eigenvalue weighted by Crippen LogP contribution is -2.38. The maximum atomic E-state index is 2.73. The molecule has 0 heterocycles. The van der Waals surface area contributed by atoms with Crippen molar-refractivity contribution in [3.63, 3.8) is 0 Å². The van der Waals surface area contributed by atoms with E-state index < -0.39 is 0 Å². The van der Waals surface area contributed by atoms with Crippen molar-refractivity contribution < 1.29 is 0 Å². The predicted octanol–water partition coefficient (Wildman–Crippen LogP) is 7.15. The van der Waals surface area contributed by atoms with Gasteiger partial charge in [-0.15, -0.1) is 0 Å². The molecule has 0 saturated heterocycles. The van der Waals surface area contributed by atoms with E-state index in [1.165, 1.54) is 38.5 Å². The molecule has 0 amide bonds. The van der Waals surface area contributed by atoms with Crippen LogP contribution in [0.25, 0.3) is 0 Å². The molecule has 0 nitrogen and oxygen atoms in total. The van der Waals surface area contributed by atoms with E-state index in [1.54, 1.807) is 32.1 Å². The van der Waals surface area contributed by atoms with Crippen LogP contribution < -0.4 is 0 Å². The second-order valence-electron chi connectivity index (χ2n) is 9.36. The molecule has 2 spiro atoms. The van der Waals surface area contributed by atoms with Crippen LogP contribution in [0.4, 0.5) is 0 Å². The zero-order valence-corrected chi connectivity index (χ0v) is 16.1. The normalized spacial score (nSPS) is 52.3. The highest BCUT2D eigenvalue weighted by atomic mass is 14.9. The van der Waals surface area contributed by atoms with Gasteiger partial charge in [0.15, 0.2) is 0 Å². The summed E-state index contributed by atoms with van der Waals surface area (Å²) in [5.41, 5.74) is 4.17. The molecule has 6 unspecified atom stereocenters. The van der Waals surface area contributed by atoms with E-state index in [0.29, 0.717) is 5.41 Å². The van der Waals surface area contributed by atoms with E-state index >= 15 is 0 Å². The van der Waals surface area contributed by atoms with Gasteiger partial charge >= 0.3 is 0 Å². The molecule has 0 aromatic heterocycles. The van der Waals surface area contributed by atoms with Crippen molar-refractivity contribution in [2.24, 2.45) is 34.0 Å². The number of allylic oxidation sites excluding steroid dienone is 2. The number of fused-ring (bicyclic) bond motifs is 1. The molecule has 0 aromatic rings. The second-order valence-corrected chi connectivity index (χ2v) is 9.36. The Hall–Kier alpha value is -0.260.